The summed E-state index contributed by atoms with van der Waals surface area (Å²) in [7, 11) is 0. The fourth-order valence-corrected chi connectivity index (χ4v) is 2.71. The molecule has 0 radical (unpaired) electrons. The molecule has 4 heteroatoms. The summed E-state index contributed by atoms with van der Waals surface area (Å²) in [6.45, 7) is 0.506. The van der Waals surface area contributed by atoms with Crippen molar-refractivity contribution in [2.24, 2.45) is 11.8 Å². The minimum atomic E-state index is 0.0998. The van der Waals surface area contributed by atoms with Crippen LogP contribution in [0.1, 0.15) is 37.7 Å². The average Bonchev–Trinajstić information content (AvgIpc) is 3.39. The van der Waals surface area contributed by atoms with Crippen LogP contribution in [0, 0.1) is 11.8 Å². The summed E-state index contributed by atoms with van der Waals surface area (Å²) in [6, 6.07) is 7.69. The van der Waals surface area contributed by atoms with Crippen molar-refractivity contribution in [1.29, 1.82) is 0 Å². The van der Waals surface area contributed by atoms with Crippen LogP contribution in [0.25, 0.3) is 0 Å². The normalized spacial score (nSPS) is 20.5. The Morgan fingerprint density at radius 3 is 2.64 bits per heavy atom. The Kier molecular flexibility index (Phi) is 4.56. The van der Waals surface area contributed by atoms with Gasteiger partial charge in [-0.3, -0.25) is 9.59 Å². The van der Waals surface area contributed by atoms with E-state index in [0.29, 0.717) is 6.54 Å². The Labute approximate surface area is 131 Å². The van der Waals surface area contributed by atoms with Crippen molar-refractivity contribution in [2.45, 2.75) is 38.6 Å². The molecule has 1 aromatic carbocycles. The zero-order valence-electron chi connectivity index (χ0n) is 12.7. The summed E-state index contributed by atoms with van der Waals surface area (Å²) < 4.78 is 0. The van der Waals surface area contributed by atoms with Crippen molar-refractivity contribution >= 4 is 17.5 Å². The van der Waals surface area contributed by atoms with Crippen molar-refractivity contribution in [3.63, 3.8) is 0 Å². The molecule has 0 aromatic heterocycles. The molecule has 0 heterocycles. The van der Waals surface area contributed by atoms with Gasteiger partial charge in [-0.05, 0) is 49.8 Å². The van der Waals surface area contributed by atoms with Crippen molar-refractivity contribution in [1.82, 2.24) is 5.32 Å². The number of rotatable bonds is 5. The maximum absolute atomic E-state index is 12.1. The predicted molar refractivity (Wildman–Crippen MR) is 86.1 cm³/mol. The van der Waals surface area contributed by atoms with Crippen LogP contribution in [-0.4, -0.2) is 11.8 Å². The van der Waals surface area contributed by atoms with E-state index >= 15 is 0 Å². The van der Waals surface area contributed by atoms with Crippen LogP contribution < -0.4 is 10.6 Å². The highest BCUT2D eigenvalue weighted by atomic mass is 16.2. The van der Waals surface area contributed by atoms with Gasteiger partial charge in [-0.1, -0.05) is 24.3 Å². The van der Waals surface area contributed by atoms with Crippen molar-refractivity contribution in [3.8, 4) is 0 Å². The number of carbonyl (C=O) groups is 2. The standard InChI is InChI=1S/C18H22N2O2/c21-17(14-6-2-1-3-7-14)19-12-13-5-4-8-16(11-13)20-18(22)15-9-10-15/h1-2,4-5,8,11,14-15H,3,6-7,9-10,12H2,(H,19,21)(H,20,22). The highest BCUT2D eigenvalue weighted by molar-refractivity contribution is 5.94. The molecule has 1 saturated carbocycles. The molecule has 0 aliphatic heterocycles. The smallest absolute Gasteiger partial charge is 0.227 e. The first-order chi connectivity index (χ1) is 10.7. The van der Waals surface area contributed by atoms with E-state index < -0.39 is 0 Å². The molecule has 4 nitrogen and oxygen atoms in total. The maximum Gasteiger partial charge on any atom is 0.227 e. The molecular formula is C18H22N2O2. The third kappa shape index (κ3) is 3.97. The molecule has 3 rings (SSSR count). The van der Waals surface area contributed by atoms with Crippen LogP contribution in [0.3, 0.4) is 0 Å². The zero-order valence-corrected chi connectivity index (χ0v) is 12.7. The van der Waals surface area contributed by atoms with E-state index in [4.69, 9.17) is 0 Å². The molecule has 116 valence electrons. The molecule has 1 atom stereocenters. The predicted octanol–water partition coefficient (Wildman–Crippen LogP) is 3.01. The molecule has 0 saturated heterocycles. The van der Waals surface area contributed by atoms with E-state index in [9.17, 15) is 9.59 Å². The second-order valence-corrected chi connectivity index (χ2v) is 6.16. The molecule has 2 amide bonds. The van der Waals surface area contributed by atoms with Gasteiger partial charge in [-0.25, -0.2) is 0 Å². The molecule has 0 bridgehead atoms. The van der Waals surface area contributed by atoms with Crippen molar-refractivity contribution < 1.29 is 9.59 Å². The van der Waals surface area contributed by atoms with Crippen molar-refractivity contribution in [2.75, 3.05) is 5.32 Å². The molecule has 2 N–H and O–H groups in total. The number of carbonyl (C=O) groups excluding carboxylic acids is 2. The number of hydrogen-bond donors (Lipinski definition) is 2. The maximum atomic E-state index is 12.1. The number of benzene rings is 1. The van der Waals surface area contributed by atoms with Gasteiger partial charge in [0.2, 0.25) is 11.8 Å². The van der Waals surface area contributed by atoms with Crippen LogP contribution in [0.2, 0.25) is 0 Å². The number of nitrogens with one attached hydrogen (secondary N) is 2. The fourth-order valence-electron chi connectivity index (χ4n) is 2.71. The van der Waals surface area contributed by atoms with Gasteiger partial charge in [-0.15, -0.1) is 0 Å². The van der Waals surface area contributed by atoms with Crippen LogP contribution in [0.4, 0.5) is 5.69 Å². The van der Waals surface area contributed by atoms with Gasteiger partial charge in [0.1, 0.15) is 0 Å². The van der Waals surface area contributed by atoms with Gasteiger partial charge < -0.3 is 10.6 Å². The lowest BCUT2D eigenvalue weighted by Gasteiger charge is -2.17. The summed E-state index contributed by atoms with van der Waals surface area (Å²) >= 11 is 0. The summed E-state index contributed by atoms with van der Waals surface area (Å²) in [5.74, 6) is 0.525. The SMILES string of the molecule is O=C(NCc1cccc(NC(=O)C2CC2)c1)C1CC=CCC1. The van der Waals surface area contributed by atoms with E-state index in [-0.39, 0.29) is 23.7 Å². The lowest BCUT2D eigenvalue weighted by molar-refractivity contribution is -0.125. The number of amides is 2. The lowest BCUT2D eigenvalue weighted by Crippen LogP contribution is -2.30. The van der Waals surface area contributed by atoms with Gasteiger partial charge in [0, 0.05) is 24.1 Å². The molecule has 1 fully saturated rings. The van der Waals surface area contributed by atoms with Gasteiger partial charge in [0.05, 0.1) is 0 Å². The first kappa shape index (κ1) is 14.8. The Morgan fingerprint density at radius 2 is 1.91 bits per heavy atom. The van der Waals surface area contributed by atoms with Gasteiger partial charge >= 0.3 is 0 Å². The largest absolute Gasteiger partial charge is 0.352 e. The summed E-state index contributed by atoms with van der Waals surface area (Å²) in [6.07, 6.45) is 8.97. The minimum absolute atomic E-state index is 0.0998. The third-order valence-electron chi connectivity index (χ3n) is 4.25. The van der Waals surface area contributed by atoms with E-state index in [2.05, 4.69) is 22.8 Å². The van der Waals surface area contributed by atoms with E-state index in [0.717, 1.165) is 43.4 Å². The average molecular weight is 298 g/mol. The third-order valence-corrected chi connectivity index (χ3v) is 4.25. The van der Waals surface area contributed by atoms with Crippen LogP contribution in [0.5, 0.6) is 0 Å². The second kappa shape index (κ2) is 6.77. The highest BCUT2D eigenvalue weighted by Crippen LogP contribution is 2.30. The Hall–Kier alpha value is -2.10. The summed E-state index contributed by atoms with van der Waals surface area (Å²) in [5.41, 5.74) is 1.82. The van der Waals surface area contributed by atoms with Gasteiger partial charge in [-0.2, -0.15) is 0 Å². The first-order valence-corrected chi connectivity index (χ1v) is 8.05. The molecule has 0 spiro atoms. The number of anilines is 1. The lowest BCUT2D eigenvalue weighted by atomic mass is 9.93. The molecule has 1 aromatic rings. The first-order valence-electron chi connectivity index (χ1n) is 8.05. The van der Waals surface area contributed by atoms with Gasteiger partial charge in [0.25, 0.3) is 0 Å². The fraction of sp³-hybridized carbons (Fsp3) is 0.444. The molecule has 22 heavy (non-hydrogen) atoms. The Bertz CT molecular complexity index is 591. The molecule has 2 aliphatic carbocycles. The molecule has 1 unspecified atom stereocenters. The minimum Gasteiger partial charge on any atom is -0.352 e. The highest BCUT2D eigenvalue weighted by Gasteiger charge is 2.29. The van der Waals surface area contributed by atoms with Crippen LogP contribution >= 0.6 is 0 Å². The Balaban J connectivity index is 1.52. The number of allylic oxidation sites excluding steroid dienone is 2. The van der Waals surface area contributed by atoms with Gasteiger partial charge in [0.15, 0.2) is 0 Å². The Morgan fingerprint density at radius 1 is 1.05 bits per heavy atom. The van der Waals surface area contributed by atoms with E-state index in [1.807, 2.05) is 24.3 Å². The summed E-state index contributed by atoms with van der Waals surface area (Å²) in [4.78, 5) is 23.9. The summed E-state index contributed by atoms with van der Waals surface area (Å²) in [5, 5.41) is 5.93. The topological polar surface area (TPSA) is 58.2 Å². The monoisotopic (exact) mass is 298 g/mol. The second-order valence-electron chi connectivity index (χ2n) is 6.16. The number of hydrogen-bond acceptors (Lipinski definition) is 2. The van der Waals surface area contributed by atoms with E-state index in [1.165, 1.54) is 0 Å². The van der Waals surface area contributed by atoms with Crippen LogP contribution in [0.15, 0.2) is 36.4 Å². The van der Waals surface area contributed by atoms with Crippen molar-refractivity contribution in [3.05, 3.63) is 42.0 Å². The molecular weight excluding hydrogens is 276 g/mol. The van der Waals surface area contributed by atoms with E-state index in [1.54, 1.807) is 0 Å². The van der Waals surface area contributed by atoms with Crippen LogP contribution in [-0.2, 0) is 16.1 Å². The quantitative estimate of drug-likeness (QED) is 0.821. The molecule has 2 aliphatic rings. The zero-order chi connectivity index (χ0) is 15.4.